The molecule has 2 amide bonds. The van der Waals surface area contributed by atoms with Crippen LogP contribution in [-0.4, -0.2) is 12.6 Å². The van der Waals surface area contributed by atoms with Crippen LogP contribution in [0.2, 0.25) is 0 Å². The minimum Gasteiger partial charge on any atom is -0.338 e. The SMILES string of the molecule is CCC1CCC(CNC(=O)Nc2cccc(CN)c2)CC1. The van der Waals surface area contributed by atoms with Crippen LogP contribution in [-0.2, 0) is 6.54 Å². The molecule has 1 saturated carbocycles. The van der Waals surface area contributed by atoms with E-state index in [2.05, 4.69) is 17.6 Å². The number of carbonyl (C=O) groups is 1. The van der Waals surface area contributed by atoms with Gasteiger partial charge in [0, 0.05) is 18.8 Å². The van der Waals surface area contributed by atoms with Crippen LogP contribution in [0.4, 0.5) is 10.5 Å². The first kappa shape index (κ1) is 15.8. The second kappa shape index (κ2) is 8.03. The molecule has 2 rings (SSSR count). The van der Waals surface area contributed by atoms with E-state index in [1.807, 2.05) is 24.3 Å². The molecule has 1 aliphatic carbocycles. The van der Waals surface area contributed by atoms with Crippen molar-refractivity contribution in [3.05, 3.63) is 29.8 Å². The van der Waals surface area contributed by atoms with Crippen LogP contribution in [0.3, 0.4) is 0 Å². The molecular weight excluding hydrogens is 262 g/mol. The summed E-state index contributed by atoms with van der Waals surface area (Å²) < 4.78 is 0. The van der Waals surface area contributed by atoms with Crippen molar-refractivity contribution in [2.75, 3.05) is 11.9 Å². The molecule has 0 heterocycles. The van der Waals surface area contributed by atoms with Gasteiger partial charge in [-0.05, 0) is 42.4 Å². The Balaban J connectivity index is 1.72. The van der Waals surface area contributed by atoms with E-state index < -0.39 is 0 Å². The lowest BCUT2D eigenvalue weighted by Gasteiger charge is -2.27. The summed E-state index contributed by atoms with van der Waals surface area (Å²) in [4.78, 5) is 11.9. The average Bonchev–Trinajstić information content (AvgIpc) is 2.53. The highest BCUT2D eigenvalue weighted by Crippen LogP contribution is 2.30. The first-order valence-corrected chi connectivity index (χ1v) is 8.05. The van der Waals surface area contributed by atoms with Gasteiger partial charge in [-0.25, -0.2) is 4.79 Å². The number of benzene rings is 1. The van der Waals surface area contributed by atoms with E-state index in [9.17, 15) is 4.79 Å². The predicted molar refractivity (Wildman–Crippen MR) is 87.1 cm³/mol. The Morgan fingerprint density at radius 2 is 1.95 bits per heavy atom. The fourth-order valence-corrected chi connectivity index (χ4v) is 3.03. The Morgan fingerprint density at radius 1 is 1.24 bits per heavy atom. The maximum atomic E-state index is 11.9. The number of amides is 2. The van der Waals surface area contributed by atoms with Gasteiger partial charge in [-0.2, -0.15) is 0 Å². The smallest absolute Gasteiger partial charge is 0.319 e. The van der Waals surface area contributed by atoms with Crippen molar-refractivity contribution in [1.82, 2.24) is 5.32 Å². The molecule has 0 aliphatic heterocycles. The molecule has 4 nitrogen and oxygen atoms in total. The van der Waals surface area contributed by atoms with Crippen molar-refractivity contribution in [3.8, 4) is 0 Å². The van der Waals surface area contributed by atoms with Crippen LogP contribution in [0.15, 0.2) is 24.3 Å². The molecule has 1 fully saturated rings. The molecule has 21 heavy (non-hydrogen) atoms. The quantitative estimate of drug-likeness (QED) is 0.777. The number of rotatable bonds is 5. The molecule has 0 aromatic heterocycles. The van der Waals surface area contributed by atoms with Crippen molar-refractivity contribution in [2.45, 2.75) is 45.6 Å². The number of hydrogen-bond donors (Lipinski definition) is 3. The van der Waals surface area contributed by atoms with Gasteiger partial charge >= 0.3 is 6.03 Å². The Bertz CT molecular complexity index is 453. The molecular formula is C17H27N3O. The molecule has 4 N–H and O–H groups in total. The summed E-state index contributed by atoms with van der Waals surface area (Å²) in [6.45, 7) is 3.53. The van der Waals surface area contributed by atoms with E-state index in [4.69, 9.17) is 5.73 Å². The minimum absolute atomic E-state index is 0.123. The molecule has 0 saturated heterocycles. The van der Waals surface area contributed by atoms with Gasteiger partial charge in [0.25, 0.3) is 0 Å². The van der Waals surface area contributed by atoms with E-state index in [1.165, 1.54) is 32.1 Å². The molecule has 0 bridgehead atoms. The number of hydrogen-bond acceptors (Lipinski definition) is 2. The standard InChI is InChI=1S/C17H27N3O/c1-2-13-6-8-14(9-7-13)12-19-17(21)20-16-5-3-4-15(10-16)11-18/h3-5,10,13-14H,2,6-9,11-12,18H2,1H3,(H2,19,20,21). The molecule has 0 atom stereocenters. The summed E-state index contributed by atoms with van der Waals surface area (Å²) in [6.07, 6.45) is 6.38. The summed E-state index contributed by atoms with van der Waals surface area (Å²) in [5.41, 5.74) is 7.42. The van der Waals surface area contributed by atoms with Gasteiger partial charge in [-0.1, -0.05) is 38.3 Å². The highest BCUT2D eigenvalue weighted by molar-refractivity contribution is 5.89. The lowest BCUT2D eigenvalue weighted by molar-refractivity contribution is 0.239. The summed E-state index contributed by atoms with van der Waals surface area (Å²) in [7, 11) is 0. The lowest BCUT2D eigenvalue weighted by Crippen LogP contribution is -2.34. The number of urea groups is 1. The van der Waals surface area contributed by atoms with Crippen LogP contribution in [0.25, 0.3) is 0 Å². The van der Waals surface area contributed by atoms with Crippen molar-refractivity contribution in [1.29, 1.82) is 0 Å². The zero-order chi connectivity index (χ0) is 15.1. The highest BCUT2D eigenvalue weighted by Gasteiger charge is 2.20. The molecule has 1 aliphatic rings. The van der Waals surface area contributed by atoms with Crippen LogP contribution in [0.5, 0.6) is 0 Å². The van der Waals surface area contributed by atoms with Gasteiger partial charge in [0.2, 0.25) is 0 Å². The molecule has 1 aromatic carbocycles. The van der Waals surface area contributed by atoms with E-state index in [0.29, 0.717) is 12.5 Å². The molecule has 0 unspecified atom stereocenters. The number of nitrogens with one attached hydrogen (secondary N) is 2. The Kier molecular flexibility index (Phi) is 6.05. The Morgan fingerprint density at radius 3 is 2.62 bits per heavy atom. The van der Waals surface area contributed by atoms with E-state index >= 15 is 0 Å². The van der Waals surface area contributed by atoms with Crippen molar-refractivity contribution in [2.24, 2.45) is 17.6 Å². The number of carbonyl (C=O) groups excluding carboxylic acids is 1. The zero-order valence-corrected chi connectivity index (χ0v) is 12.9. The summed E-state index contributed by atoms with van der Waals surface area (Å²) in [5.74, 6) is 1.53. The van der Waals surface area contributed by atoms with Gasteiger partial charge in [0.15, 0.2) is 0 Å². The van der Waals surface area contributed by atoms with E-state index in [1.54, 1.807) is 0 Å². The normalized spacial score (nSPS) is 21.8. The summed E-state index contributed by atoms with van der Waals surface area (Å²) >= 11 is 0. The first-order chi connectivity index (χ1) is 10.2. The maximum absolute atomic E-state index is 11.9. The van der Waals surface area contributed by atoms with Gasteiger partial charge in [0.05, 0.1) is 0 Å². The lowest BCUT2D eigenvalue weighted by atomic mass is 9.81. The van der Waals surface area contributed by atoms with Crippen molar-refractivity contribution < 1.29 is 4.79 Å². The largest absolute Gasteiger partial charge is 0.338 e. The maximum Gasteiger partial charge on any atom is 0.319 e. The molecule has 0 radical (unpaired) electrons. The van der Waals surface area contributed by atoms with Crippen LogP contribution >= 0.6 is 0 Å². The van der Waals surface area contributed by atoms with Crippen LogP contribution in [0, 0.1) is 11.8 Å². The monoisotopic (exact) mass is 289 g/mol. The van der Waals surface area contributed by atoms with Gasteiger partial charge in [-0.3, -0.25) is 0 Å². The topological polar surface area (TPSA) is 67.2 Å². The third-order valence-corrected chi connectivity index (χ3v) is 4.52. The third-order valence-electron chi connectivity index (χ3n) is 4.52. The van der Waals surface area contributed by atoms with Crippen molar-refractivity contribution >= 4 is 11.7 Å². The number of anilines is 1. The Hall–Kier alpha value is -1.55. The zero-order valence-electron chi connectivity index (χ0n) is 12.9. The fourth-order valence-electron chi connectivity index (χ4n) is 3.03. The number of nitrogens with two attached hydrogens (primary N) is 1. The van der Waals surface area contributed by atoms with E-state index in [0.717, 1.165) is 23.7 Å². The summed E-state index contributed by atoms with van der Waals surface area (Å²) in [5, 5.41) is 5.86. The first-order valence-electron chi connectivity index (χ1n) is 8.05. The fraction of sp³-hybridized carbons (Fsp3) is 0.588. The summed E-state index contributed by atoms with van der Waals surface area (Å²) in [6, 6.07) is 7.53. The van der Waals surface area contributed by atoms with Crippen LogP contribution in [0.1, 0.15) is 44.6 Å². The highest BCUT2D eigenvalue weighted by atomic mass is 16.2. The Labute approximate surface area is 127 Å². The van der Waals surface area contributed by atoms with Gasteiger partial charge in [0.1, 0.15) is 0 Å². The molecule has 1 aromatic rings. The second-order valence-electron chi connectivity index (χ2n) is 6.03. The van der Waals surface area contributed by atoms with Gasteiger partial charge < -0.3 is 16.4 Å². The minimum atomic E-state index is -0.123. The van der Waals surface area contributed by atoms with Gasteiger partial charge in [-0.15, -0.1) is 0 Å². The van der Waals surface area contributed by atoms with Crippen molar-refractivity contribution in [3.63, 3.8) is 0 Å². The predicted octanol–water partition coefficient (Wildman–Crippen LogP) is 3.48. The molecule has 4 heteroatoms. The molecule has 0 spiro atoms. The second-order valence-corrected chi connectivity index (χ2v) is 6.03. The molecule has 116 valence electrons. The van der Waals surface area contributed by atoms with E-state index in [-0.39, 0.29) is 6.03 Å². The average molecular weight is 289 g/mol. The third kappa shape index (κ3) is 5.05. The van der Waals surface area contributed by atoms with Crippen LogP contribution < -0.4 is 16.4 Å².